The van der Waals surface area contributed by atoms with Crippen LogP contribution < -0.4 is 14.8 Å². The van der Waals surface area contributed by atoms with Gasteiger partial charge in [-0.1, -0.05) is 26.7 Å². The molecule has 3 atom stereocenters. The number of carbonyl (C=O) groups is 2. The quantitative estimate of drug-likeness (QED) is 0.275. The molecule has 1 fully saturated rings. The molecule has 0 aliphatic heterocycles. The minimum Gasteiger partial charge on any atom is -0.452 e. The number of amides is 1. The van der Waals surface area contributed by atoms with Crippen molar-refractivity contribution in [2.75, 3.05) is 16.1 Å². The van der Waals surface area contributed by atoms with E-state index in [1.807, 2.05) is 6.92 Å². The molecule has 1 aliphatic rings. The standard InChI is InChI=1S/C29H31F2N3O7S2/c1-18-4-3-5-27(19(18)2)32-28(35)17-41-29(36)20-14-23(33-42(37,38)25-10-6-21(30)7-11-25)16-24(15-20)34-43(39,40)26-12-8-22(31)9-13-26/h6-16,18-19,27,33-34H,3-5,17H2,1-2H3,(H,32,35). The molecule has 1 amide bonds. The van der Waals surface area contributed by atoms with Crippen LogP contribution in [0.2, 0.25) is 0 Å². The molecule has 3 N–H and O–H groups in total. The molecular formula is C29H31F2N3O7S2. The van der Waals surface area contributed by atoms with Crippen molar-refractivity contribution in [1.82, 2.24) is 5.32 Å². The van der Waals surface area contributed by atoms with E-state index in [0.717, 1.165) is 86.0 Å². The van der Waals surface area contributed by atoms with E-state index in [-0.39, 0.29) is 38.7 Å². The van der Waals surface area contributed by atoms with Crippen LogP contribution in [0.15, 0.2) is 76.5 Å². The van der Waals surface area contributed by atoms with Gasteiger partial charge < -0.3 is 10.1 Å². The minimum absolute atomic E-state index is 0.0633. The lowest BCUT2D eigenvalue weighted by atomic mass is 9.78. The van der Waals surface area contributed by atoms with Gasteiger partial charge in [-0.15, -0.1) is 0 Å². The van der Waals surface area contributed by atoms with E-state index < -0.39 is 50.2 Å². The van der Waals surface area contributed by atoms with Gasteiger partial charge in [0, 0.05) is 6.04 Å². The summed E-state index contributed by atoms with van der Waals surface area (Å²) in [5.74, 6) is -2.17. The molecule has 43 heavy (non-hydrogen) atoms. The Labute approximate surface area is 248 Å². The molecule has 0 aromatic heterocycles. The summed E-state index contributed by atoms with van der Waals surface area (Å²) in [5, 5.41) is 2.88. The van der Waals surface area contributed by atoms with Crippen molar-refractivity contribution in [2.24, 2.45) is 11.8 Å². The zero-order valence-corrected chi connectivity index (χ0v) is 25.0. The Morgan fingerprint density at radius 1 is 0.791 bits per heavy atom. The number of benzene rings is 3. The zero-order valence-electron chi connectivity index (χ0n) is 23.3. The fourth-order valence-electron chi connectivity index (χ4n) is 4.77. The van der Waals surface area contributed by atoms with E-state index in [1.165, 1.54) is 0 Å². The average molecular weight is 636 g/mol. The second-order valence-corrected chi connectivity index (χ2v) is 13.8. The van der Waals surface area contributed by atoms with E-state index in [2.05, 4.69) is 21.7 Å². The lowest BCUT2D eigenvalue weighted by Crippen LogP contribution is -2.45. The number of carbonyl (C=O) groups excluding carboxylic acids is 2. The van der Waals surface area contributed by atoms with E-state index in [1.54, 1.807) is 0 Å². The molecule has 3 unspecified atom stereocenters. The summed E-state index contributed by atoms with van der Waals surface area (Å²) in [7, 11) is -8.59. The molecule has 3 aromatic rings. The van der Waals surface area contributed by atoms with Gasteiger partial charge in [0.2, 0.25) is 0 Å². The number of esters is 1. The van der Waals surface area contributed by atoms with E-state index in [4.69, 9.17) is 4.74 Å². The van der Waals surface area contributed by atoms with Gasteiger partial charge in [0.05, 0.1) is 26.7 Å². The molecule has 0 bridgehead atoms. The summed E-state index contributed by atoms with van der Waals surface area (Å²) < 4.78 is 88.0. The highest BCUT2D eigenvalue weighted by molar-refractivity contribution is 7.93. The van der Waals surface area contributed by atoms with Gasteiger partial charge in [0.15, 0.2) is 6.61 Å². The van der Waals surface area contributed by atoms with Crippen LogP contribution in [0.25, 0.3) is 0 Å². The first-order chi connectivity index (χ1) is 20.2. The summed E-state index contributed by atoms with van der Waals surface area (Å²) in [6, 6.07) is 11.2. The molecule has 1 saturated carbocycles. The van der Waals surface area contributed by atoms with Gasteiger partial charge in [-0.2, -0.15) is 0 Å². The van der Waals surface area contributed by atoms with Crippen LogP contribution in [0.3, 0.4) is 0 Å². The summed E-state index contributed by atoms with van der Waals surface area (Å²) in [5.41, 5.74) is -0.737. The molecule has 1 aliphatic carbocycles. The lowest BCUT2D eigenvalue weighted by molar-refractivity contribution is -0.125. The van der Waals surface area contributed by atoms with Gasteiger partial charge in [-0.3, -0.25) is 14.2 Å². The highest BCUT2D eigenvalue weighted by Crippen LogP contribution is 2.29. The van der Waals surface area contributed by atoms with Crippen molar-refractivity contribution in [3.05, 3.63) is 83.9 Å². The zero-order chi connectivity index (χ0) is 31.4. The smallest absolute Gasteiger partial charge is 0.338 e. The normalized spacial score (nSPS) is 18.8. The van der Waals surface area contributed by atoms with Crippen LogP contribution in [0.4, 0.5) is 20.2 Å². The third kappa shape index (κ3) is 8.29. The van der Waals surface area contributed by atoms with Crippen LogP contribution in [-0.4, -0.2) is 41.4 Å². The Balaban J connectivity index is 1.57. The first kappa shape index (κ1) is 31.9. The maximum absolute atomic E-state index is 13.3. The van der Waals surface area contributed by atoms with E-state index in [9.17, 15) is 35.2 Å². The van der Waals surface area contributed by atoms with Crippen LogP contribution in [0.1, 0.15) is 43.5 Å². The maximum Gasteiger partial charge on any atom is 0.338 e. The number of hydrogen-bond acceptors (Lipinski definition) is 7. The van der Waals surface area contributed by atoms with Gasteiger partial charge in [0.25, 0.3) is 26.0 Å². The monoisotopic (exact) mass is 635 g/mol. The Kier molecular flexibility index (Phi) is 9.70. The third-order valence-corrected chi connectivity index (χ3v) is 10.1. The molecule has 0 heterocycles. The van der Waals surface area contributed by atoms with Crippen molar-refractivity contribution in [3.8, 4) is 0 Å². The summed E-state index contributed by atoms with van der Waals surface area (Å²) in [6.07, 6.45) is 2.84. The predicted molar refractivity (Wildman–Crippen MR) is 155 cm³/mol. The van der Waals surface area contributed by atoms with E-state index >= 15 is 0 Å². The van der Waals surface area contributed by atoms with Crippen molar-refractivity contribution in [2.45, 2.75) is 48.9 Å². The maximum atomic E-state index is 13.3. The van der Waals surface area contributed by atoms with Gasteiger partial charge in [-0.05, 0) is 85.0 Å². The molecule has 14 heteroatoms. The molecule has 3 aromatic carbocycles. The van der Waals surface area contributed by atoms with Crippen LogP contribution in [0, 0.1) is 23.5 Å². The minimum atomic E-state index is -4.29. The fraction of sp³-hybridized carbons (Fsp3) is 0.310. The predicted octanol–water partition coefficient (Wildman–Crippen LogP) is 4.66. The van der Waals surface area contributed by atoms with Gasteiger partial charge >= 0.3 is 5.97 Å². The molecule has 0 saturated heterocycles. The first-order valence-electron chi connectivity index (χ1n) is 13.4. The lowest BCUT2D eigenvalue weighted by Gasteiger charge is -2.34. The van der Waals surface area contributed by atoms with Gasteiger partial charge in [-0.25, -0.2) is 30.4 Å². The first-order valence-corrected chi connectivity index (χ1v) is 16.4. The summed E-state index contributed by atoms with van der Waals surface area (Å²) in [4.78, 5) is 24.9. The molecule has 230 valence electrons. The number of rotatable bonds is 10. The second-order valence-electron chi connectivity index (χ2n) is 10.4. The number of hydrogen-bond donors (Lipinski definition) is 3. The molecule has 10 nitrogen and oxygen atoms in total. The molecular weight excluding hydrogens is 604 g/mol. The van der Waals surface area contributed by atoms with Crippen molar-refractivity contribution < 1.29 is 39.9 Å². The van der Waals surface area contributed by atoms with Crippen molar-refractivity contribution in [3.63, 3.8) is 0 Å². The summed E-state index contributed by atoms with van der Waals surface area (Å²) >= 11 is 0. The third-order valence-electron chi connectivity index (χ3n) is 7.31. The molecule has 4 rings (SSSR count). The van der Waals surface area contributed by atoms with Crippen molar-refractivity contribution in [1.29, 1.82) is 0 Å². The Hall–Kier alpha value is -4.04. The van der Waals surface area contributed by atoms with E-state index in [0.29, 0.717) is 5.92 Å². The number of anilines is 2. The fourth-order valence-corrected chi connectivity index (χ4v) is 6.85. The van der Waals surface area contributed by atoms with Crippen molar-refractivity contribution >= 4 is 43.3 Å². The van der Waals surface area contributed by atoms with Crippen LogP contribution in [0.5, 0.6) is 0 Å². The Morgan fingerprint density at radius 2 is 1.28 bits per heavy atom. The molecule has 0 radical (unpaired) electrons. The van der Waals surface area contributed by atoms with Crippen LogP contribution in [-0.2, 0) is 29.6 Å². The SMILES string of the molecule is CC1CCCC(NC(=O)COC(=O)c2cc(NS(=O)(=O)c3ccc(F)cc3)cc(NS(=O)(=O)c3ccc(F)cc3)c2)C1C. The highest BCUT2D eigenvalue weighted by atomic mass is 32.2. The van der Waals surface area contributed by atoms with Crippen LogP contribution >= 0.6 is 0 Å². The molecule has 0 spiro atoms. The van der Waals surface area contributed by atoms with Gasteiger partial charge in [0.1, 0.15) is 11.6 Å². The Morgan fingerprint density at radius 3 is 1.77 bits per heavy atom. The topological polar surface area (TPSA) is 148 Å². The number of nitrogens with one attached hydrogen (secondary N) is 3. The number of halogens is 2. The summed E-state index contributed by atoms with van der Waals surface area (Å²) in [6.45, 7) is 3.55. The average Bonchev–Trinajstić information content (AvgIpc) is 2.94. The largest absolute Gasteiger partial charge is 0.452 e. The second kappa shape index (κ2) is 13.1. The highest BCUT2D eigenvalue weighted by Gasteiger charge is 2.28. The Bertz CT molecular complexity index is 1600. The number of ether oxygens (including phenoxy) is 1. The number of sulfonamides is 2.